The highest BCUT2D eigenvalue weighted by Crippen LogP contribution is 2.08. The number of nitrogens with one attached hydrogen (secondary N) is 2. The summed E-state index contributed by atoms with van der Waals surface area (Å²) in [6.45, 7) is 0.265. The maximum absolute atomic E-state index is 11.2. The van der Waals surface area contributed by atoms with E-state index in [9.17, 15) is 9.59 Å². The Bertz CT molecular complexity index is 375. The third-order valence-corrected chi connectivity index (χ3v) is 1.87. The first-order valence-electron chi connectivity index (χ1n) is 4.74. The zero-order valence-corrected chi connectivity index (χ0v) is 8.69. The highest BCUT2D eigenvalue weighted by molar-refractivity contribution is 5.91. The van der Waals surface area contributed by atoms with Crippen LogP contribution in [0.25, 0.3) is 0 Å². The lowest BCUT2D eigenvalue weighted by Crippen LogP contribution is -2.36. The summed E-state index contributed by atoms with van der Waals surface area (Å²) < 4.78 is 0. The number of carbonyl (C=O) groups excluding carboxylic acids is 2. The molecule has 1 rings (SSSR count). The van der Waals surface area contributed by atoms with Gasteiger partial charge in [-0.25, -0.2) is 4.79 Å². The monoisotopic (exact) mass is 222 g/mol. The number of rotatable bonds is 4. The lowest BCUT2D eigenvalue weighted by Gasteiger charge is -2.06. The third-order valence-electron chi connectivity index (χ3n) is 1.87. The minimum Gasteiger partial charge on any atom is -0.368 e. The normalized spacial score (nSPS) is 9.56. The number of hydrogen-bond donors (Lipinski definition) is 4. The summed E-state index contributed by atoms with van der Waals surface area (Å²) in [5.41, 5.74) is 11.9. The molecule has 0 bridgehead atoms. The second-order valence-corrected chi connectivity index (χ2v) is 3.18. The number of hydrogen-bond acceptors (Lipinski definition) is 3. The van der Waals surface area contributed by atoms with Gasteiger partial charge in [-0.3, -0.25) is 4.79 Å². The molecule has 0 saturated heterocycles. The predicted octanol–water partition coefficient (Wildman–Crippen LogP) is -0.248. The quantitative estimate of drug-likeness (QED) is 0.563. The second kappa shape index (κ2) is 5.72. The van der Waals surface area contributed by atoms with Crippen molar-refractivity contribution in [2.45, 2.75) is 6.54 Å². The fraction of sp³-hybridized carbons (Fsp3) is 0.200. The Morgan fingerprint density at radius 2 is 1.81 bits per heavy atom. The third kappa shape index (κ3) is 3.97. The van der Waals surface area contributed by atoms with Crippen molar-refractivity contribution in [3.8, 4) is 0 Å². The molecule has 0 saturated carbocycles. The number of amides is 3. The number of benzene rings is 1. The van der Waals surface area contributed by atoms with Gasteiger partial charge in [0.05, 0.1) is 6.54 Å². The van der Waals surface area contributed by atoms with Gasteiger partial charge in [0.25, 0.3) is 0 Å². The van der Waals surface area contributed by atoms with Crippen molar-refractivity contribution in [3.63, 3.8) is 0 Å². The van der Waals surface area contributed by atoms with E-state index in [1.165, 1.54) is 0 Å². The SMILES string of the molecule is NCc1ccc(NC(=O)NCC(N)=O)cc1. The van der Waals surface area contributed by atoms with Gasteiger partial charge in [0, 0.05) is 12.2 Å². The van der Waals surface area contributed by atoms with Crippen LogP contribution >= 0.6 is 0 Å². The molecule has 6 heteroatoms. The second-order valence-electron chi connectivity index (χ2n) is 3.18. The molecule has 0 aliphatic heterocycles. The maximum Gasteiger partial charge on any atom is 0.319 e. The van der Waals surface area contributed by atoms with E-state index in [0.29, 0.717) is 12.2 Å². The molecular weight excluding hydrogens is 208 g/mol. The summed E-state index contributed by atoms with van der Waals surface area (Å²) >= 11 is 0. The zero-order chi connectivity index (χ0) is 12.0. The Kier molecular flexibility index (Phi) is 4.28. The van der Waals surface area contributed by atoms with E-state index >= 15 is 0 Å². The average Bonchev–Trinajstić information content (AvgIpc) is 2.27. The van der Waals surface area contributed by atoms with Crippen LogP contribution in [0.3, 0.4) is 0 Å². The van der Waals surface area contributed by atoms with E-state index in [-0.39, 0.29) is 6.54 Å². The van der Waals surface area contributed by atoms with Crippen LogP contribution < -0.4 is 22.1 Å². The Morgan fingerprint density at radius 3 is 2.31 bits per heavy atom. The van der Waals surface area contributed by atoms with E-state index in [0.717, 1.165) is 5.56 Å². The minimum atomic E-state index is -0.589. The molecule has 0 aliphatic carbocycles. The first-order chi connectivity index (χ1) is 7.61. The number of urea groups is 1. The highest BCUT2D eigenvalue weighted by atomic mass is 16.2. The van der Waals surface area contributed by atoms with Gasteiger partial charge in [0.15, 0.2) is 0 Å². The van der Waals surface area contributed by atoms with E-state index < -0.39 is 11.9 Å². The van der Waals surface area contributed by atoms with Crippen LogP contribution in [0.15, 0.2) is 24.3 Å². The van der Waals surface area contributed by atoms with Crippen molar-refractivity contribution >= 4 is 17.6 Å². The van der Waals surface area contributed by atoms with Crippen molar-refractivity contribution in [1.29, 1.82) is 0 Å². The van der Waals surface area contributed by atoms with Gasteiger partial charge < -0.3 is 22.1 Å². The van der Waals surface area contributed by atoms with Crippen LogP contribution in [-0.2, 0) is 11.3 Å². The van der Waals surface area contributed by atoms with Crippen LogP contribution in [0.2, 0.25) is 0 Å². The van der Waals surface area contributed by atoms with E-state index in [4.69, 9.17) is 11.5 Å². The van der Waals surface area contributed by atoms with E-state index in [1.54, 1.807) is 12.1 Å². The molecule has 6 nitrogen and oxygen atoms in total. The predicted molar refractivity (Wildman–Crippen MR) is 60.5 cm³/mol. The maximum atomic E-state index is 11.2. The van der Waals surface area contributed by atoms with Crippen LogP contribution in [0.5, 0.6) is 0 Å². The van der Waals surface area contributed by atoms with Gasteiger partial charge >= 0.3 is 6.03 Å². The van der Waals surface area contributed by atoms with Crippen molar-refractivity contribution in [3.05, 3.63) is 29.8 Å². The van der Waals surface area contributed by atoms with Crippen LogP contribution in [0, 0.1) is 0 Å². The molecule has 16 heavy (non-hydrogen) atoms. The fourth-order valence-corrected chi connectivity index (χ4v) is 1.07. The summed E-state index contributed by atoms with van der Waals surface area (Å²) in [6.07, 6.45) is 0. The molecule has 0 radical (unpaired) electrons. The molecule has 0 atom stereocenters. The molecule has 0 fully saturated rings. The zero-order valence-electron chi connectivity index (χ0n) is 8.69. The molecule has 0 aromatic heterocycles. The first-order valence-corrected chi connectivity index (χ1v) is 4.74. The topological polar surface area (TPSA) is 110 Å². The Labute approximate surface area is 93.0 Å². The number of nitrogens with two attached hydrogens (primary N) is 2. The molecule has 86 valence electrons. The van der Waals surface area contributed by atoms with Crippen LogP contribution in [0.1, 0.15) is 5.56 Å². The smallest absolute Gasteiger partial charge is 0.319 e. The minimum absolute atomic E-state index is 0.188. The van der Waals surface area contributed by atoms with Crippen molar-refractivity contribution in [2.24, 2.45) is 11.5 Å². The van der Waals surface area contributed by atoms with E-state index in [1.807, 2.05) is 12.1 Å². The van der Waals surface area contributed by atoms with Gasteiger partial charge in [-0.1, -0.05) is 12.1 Å². The molecule has 1 aromatic rings. The van der Waals surface area contributed by atoms with E-state index in [2.05, 4.69) is 10.6 Å². The van der Waals surface area contributed by atoms with Gasteiger partial charge in [0.2, 0.25) is 5.91 Å². The molecule has 1 aromatic carbocycles. The number of primary amides is 1. The summed E-state index contributed by atoms with van der Waals surface area (Å²) in [5, 5.41) is 4.86. The van der Waals surface area contributed by atoms with Crippen molar-refractivity contribution in [2.75, 3.05) is 11.9 Å². The summed E-state index contributed by atoms with van der Waals surface area (Å²) in [6, 6.07) is 6.60. The molecule has 0 spiro atoms. The number of carbonyl (C=O) groups is 2. The van der Waals surface area contributed by atoms with Crippen LogP contribution in [0.4, 0.5) is 10.5 Å². The standard InChI is InChI=1S/C10H14N4O2/c11-5-7-1-3-8(4-2-7)14-10(16)13-6-9(12)15/h1-4H,5-6,11H2,(H2,12,15)(H2,13,14,16). The Morgan fingerprint density at radius 1 is 1.19 bits per heavy atom. The molecule has 3 amide bonds. The lowest BCUT2D eigenvalue weighted by atomic mass is 10.2. The average molecular weight is 222 g/mol. The first kappa shape index (κ1) is 12.0. The van der Waals surface area contributed by atoms with Crippen LogP contribution in [-0.4, -0.2) is 18.5 Å². The number of anilines is 1. The fourth-order valence-electron chi connectivity index (χ4n) is 1.07. The molecular formula is C10H14N4O2. The Hall–Kier alpha value is -2.08. The molecule has 0 heterocycles. The van der Waals surface area contributed by atoms with Gasteiger partial charge in [0.1, 0.15) is 0 Å². The highest BCUT2D eigenvalue weighted by Gasteiger charge is 2.02. The Balaban J connectivity index is 2.46. The van der Waals surface area contributed by atoms with Gasteiger partial charge in [-0.2, -0.15) is 0 Å². The van der Waals surface area contributed by atoms with Gasteiger partial charge in [-0.05, 0) is 17.7 Å². The molecule has 6 N–H and O–H groups in total. The lowest BCUT2D eigenvalue weighted by molar-refractivity contribution is -0.117. The van der Waals surface area contributed by atoms with Crippen molar-refractivity contribution < 1.29 is 9.59 Å². The summed E-state index contributed by atoms with van der Waals surface area (Å²) in [7, 11) is 0. The van der Waals surface area contributed by atoms with Gasteiger partial charge in [-0.15, -0.1) is 0 Å². The van der Waals surface area contributed by atoms with Crippen molar-refractivity contribution in [1.82, 2.24) is 5.32 Å². The molecule has 0 unspecified atom stereocenters. The summed E-state index contributed by atoms with van der Waals surface area (Å²) in [4.78, 5) is 21.6. The largest absolute Gasteiger partial charge is 0.368 e. The molecule has 0 aliphatic rings. The summed E-state index contributed by atoms with van der Waals surface area (Å²) in [5.74, 6) is -0.589.